The lowest BCUT2D eigenvalue weighted by Gasteiger charge is -2.08. The molecule has 0 aromatic heterocycles. The van der Waals surface area contributed by atoms with Crippen LogP contribution in [0.5, 0.6) is 5.75 Å². The number of aliphatic hydroxyl groups is 1. The first-order chi connectivity index (χ1) is 8.08. The molecule has 0 aliphatic heterocycles. The molecule has 0 saturated carbocycles. The molecule has 0 aliphatic carbocycles. The van der Waals surface area contributed by atoms with Gasteiger partial charge >= 0.3 is 0 Å². The van der Waals surface area contributed by atoms with Gasteiger partial charge in [-0.05, 0) is 31.2 Å². The Balaban J connectivity index is 2.19. The molecule has 0 heterocycles. The molecule has 0 spiro atoms. The molecule has 5 heteroatoms. The monoisotopic (exact) mass is 257 g/mol. The standard InChI is InChI=1S/C12H16ClNO3/c1-9(15)8-14-12(16)6-7-17-11-4-2-10(13)3-5-11/h2-5,9,15H,6-8H2,1H3,(H,14,16)/t9-/m1/s1. The lowest BCUT2D eigenvalue weighted by molar-refractivity contribution is -0.122. The van der Waals surface area contributed by atoms with Crippen molar-refractivity contribution in [3.05, 3.63) is 29.3 Å². The van der Waals surface area contributed by atoms with E-state index >= 15 is 0 Å². The number of hydrogen-bond donors (Lipinski definition) is 2. The quantitative estimate of drug-likeness (QED) is 0.814. The second-order valence-electron chi connectivity index (χ2n) is 3.71. The Hall–Kier alpha value is -1.26. The molecule has 0 saturated heterocycles. The molecule has 0 unspecified atom stereocenters. The van der Waals surface area contributed by atoms with Crippen LogP contribution in [0.1, 0.15) is 13.3 Å². The Labute approximate surface area is 106 Å². The van der Waals surface area contributed by atoms with Gasteiger partial charge in [-0.1, -0.05) is 11.6 Å². The lowest BCUT2D eigenvalue weighted by Crippen LogP contribution is -2.31. The van der Waals surface area contributed by atoms with E-state index in [-0.39, 0.29) is 18.9 Å². The number of nitrogens with one attached hydrogen (secondary N) is 1. The summed E-state index contributed by atoms with van der Waals surface area (Å²) in [5.41, 5.74) is 0. The molecule has 0 bridgehead atoms. The van der Waals surface area contributed by atoms with Crippen molar-refractivity contribution in [2.45, 2.75) is 19.4 Å². The van der Waals surface area contributed by atoms with Crippen molar-refractivity contribution in [3.8, 4) is 5.75 Å². The minimum Gasteiger partial charge on any atom is -0.493 e. The number of halogens is 1. The summed E-state index contributed by atoms with van der Waals surface area (Å²) in [5.74, 6) is 0.539. The first-order valence-electron chi connectivity index (χ1n) is 5.41. The van der Waals surface area contributed by atoms with E-state index in [1.165, 1.54) is 0 Å². The normalized spacial score (nSPS) is 11.9. The first-order valence-corrected chi connectivity index (χ1v) is 5.79. The summed E-state index contributed by atoms with van der Waals surface area (Å²) in [7, 11) is 0. The summed E-state index contributed by atoms with van der Waals surface area (Å²) in [4.78, 5) is 11.3. The number of aliphatic hydroxyl groups excluding tert-OH is 1. The van der Waals surface area contributed by atoms with Gasteiger partial charge in [-0.25, -0.2) is 0 Å². The Morgan fingerprint density at radius 2 is 2.12 bits per heavy atom. The average molecular weight is 258 g/mol. The highest BCUT2D eigenvalue weighted by Gasteiger charge is 2.03. The second-order valence-corrected chi connectivity index (χ2v) is 4.14. The van der Waals surface area contributed by atoms with Gasteiger partial charge in [0.2, 0.25) is 5.91 Å². The number of carbonyl (C=O) groups excluding carboxylic acids is 1. The van der Waals surface area contributed by atoms with E-state index in [0.717, 1.165) is 0 Å². The fourth-order valence-electron chi connectivity index (χ4n) is 1.14. The van der Waals surface area contributed by atoms with Crippen molar-refractivity contribution in [3.63, 3.8) is 0 Å². The van der Waals surface area contributed by atoms with Crippen LogP contribution in [0.25, 0.3) is 0 Å². The highest BCUT2D eigenvalue weighted by Crippen LogP contribution is 2.15. The van der Waals surface area contributed by atoms with Gasteiger partial charge in [-0.2, -0.15) is 0 Å². The highest BCUT2D eigenvalue weighted by molar-refractivity contribution is 6.30. The van der Waals surface area contributed by atoms with Gasteiger partial charge in [-0.15, -0.1) is 0 Å². The average Bonchev–Trinajstić information content (AvgIpc) is 2.29. The summed E-state index contributed by atoms with van der Waals surface area (Å²) in [6.45, 7) is 2.18. The number of carbonyl (C=O) groups is 1. The number of ether oxygens (including phenoxy) is 1. The maximum Gasteiger partial charge on any atom is 0.223 e. The van der Waals surface area contributed by atoms with E-state index in [9.17, 15) is 4.79 Å². The molecular weight excluding hydrogens is 242 g/mol. The van der Waals surface area contributed by atoms with Crippen LogP contribution in [-0.4, -0.2) is 30.3 Å². The van der Waals surface area contributed by atoms with Crippen LogP contribution in [0.15, 0.2) is 24.3 Å². The van der Waals surface area contributed by atoms with E-state index < -0.39 is 6.10 Å². The third-order valence-electron chi connectivity index (χ3n) is 2.01. The largest absolute Gasteiger partial charge is 0.493 e. The number of amides is 1. The molecule has 1 aromatic carbocycles. The van der Waals surface area contributed by atoms with E-state index in [1.807, 2.05) is 0 Å². The van der Waals surface area contributed by atoms with E-state index in [4.69, 9.17) is 21.4 Å². The van der Waals surface area contributed by atoms with Crippen molar-refractivity contribution >= 4 is 17.5 Å². The molecule has 0 radical (unpaired) electrons. The van der Waals surface area contributed by atoms with Gasteiger partial charge in [0.05, 0.1) is 19.1 Å². The van der Waals surface area contributed by atoms with E-state index in [2.05, 4.69) is 5.32 Å². The van der Waals surface area contributed by atoms with E-state index in [0.29, 0.717) is 17.4 Å². The smallest absolute Gasteiger partial charge is 0.223 e. The topological polar surface area (TPSA) is 58.6 Å². The van der Waals surface area contributed by atoms with Crippen LogP contribution >= 0.6 is 11.6 Å². The Morgan fingerprint density at radius 3 is 2.71 bits per heavy atom. The molecule has 0 fully saturated rings. The molecule has 2 N–H and O–H groups in total. The summed E-state index contributed by atoms with van der Waals surface area (Å²) in [6, 6.07) is 6.95. The fourth-order valence-corrected chi connectivity index (χ4v) is 1.27. The molecule has 4 nitrogen and oxygen atoms in total. The number of rotatable bonds is 6. The lowest BCUT2D eigenvalue weighted by atomic mass is 10.3. The van der Waals surface area contributed by atoms with Crippen LogP contribution in [0.3, 0.4) is 0 Å². The predicted molar refractivity (Wildman–Crippen MR) is 66.3 cm³/mol. The van der Waals surface area contributed by atoms with Crippen LogP contribution < -0.4 is 10.1 Å². The van der Waals surface area contributed by atoms with Crippen molar-refractivity contribution in [2.24, 2.45) is 0 Å². The molecule has 0 aliphatic rings. The summed E-state index contributed by atoms with van der Waals surface area (Å²) < 4.78 is 5.36. The Bertz CT molecular complexity index is 351. The minimum atomic E-state index is -0.531. The Kier molecular flexibility index (Phi) is 5.80. The molecular formula is C12H16ClNO3. The third kappa shape index (κ3) is 6.14. The Morgan fingerprint density at radius 1 is 1.47 bits per heavy atom. The van der Waals surface area contributed by atoms with Crippen LogP contribution in [-0.2, 0) is 4.79 Å². The number of benzene rings is 1. The van der Waals surface area contributed by atoms with Crippen LogP contribution in [0.2, 0.25) is 5.02 Å². The van der Waals surface area contributed by atoms with Gasteiger partial charge in [0.15, 0.2) is 0 Å². The van der Waals surface area contributed by atoms with Gasteiger partial charge in [0.1, 0.15) is 5.75 Å². The van der Waals surface area contributed by atoms with Crippen LogP contribution in [0.4, 0.5) is 0 Å². The minimum absolute atomic E-state index is 0.139. The number of hydrogen-bond acceptors (Lipinski definition) is 3. The summed E-state index contributed by atoms with van der Waals surface area (Å²) >= 11 is 5.72. The zero-order valence-corrected chi connectivity index (χ0v) is 10.4. The maximum absolute atomic E-state index is 11.3. The first kappa shape index (κ1) is 13.8. The van der Waals surface area contributed by atoms with Crippen LogP contribution in [0, 0.1) is 0 Å². The van der Waals surface area contributed by atoms with Gasteiger partial charge < -0.3 is 15.2 Å². The summed E-state index contributed by atoms with van der Waals surface area (Å²) in [6.07, 6.45) is -0.272. The third-order valence-corrected chi connectivity index (χ3v) is 2.26. The van der Waals surface area contributed by atoms with Crippen molar-refractivity contribution < 1.29 is 14.6 Å². The maximum atomic E-state index is 11.3. The molecule has 1 aromatic rings. The van der Waals surface area contributed by atoms with Gasteiger partial charge in [0.25, 0.3) is 0 Å². The van der Waals surface area contributed by atoms with Gasteiger partial charge in [0, 0.05) is 11.6 Å². The molecule has 94 valence electrons. The zero-order valence-electron chi connectivity index (χ0n) is 9.65. The SMILES string of the molecule is C[C@@H](O)CNC(=O)CCOc1ccc(Cl)cc1. The molecule has 17 heavy (non-hydrogen) atoms. The van der Waals surface area contributed by atoms with E-state index in [1.54, 1.807) is 31.2 Å². The van der Waals surface area contributed by atoms with Gasteiger partial charge in [-0.3, -0.25) is 4.79 Å². The summed E-state index contributed by atoms with van der Waals surface area (Å²) in [5, 5.41) is 12.2. The second kappa shape index (κ2) is 7.14. The van der Waals surface area contributed by atoms with Crippen molar-refractivity contribution in [1.29, 1.82) is 0 Å². The highest BCUT2D eigenvalue weighted by atomic mass is 35.5. The molecule has 1 atom stereocenters. The zero-order chi connectivity index (χ0) is 12.7. The molecule has 1 rings (SSSR count). The predicted octanol–water partition coefficient (Wildman–Crippen LogP) is 1.61. The molecule has 1 amide bonds. The fraction of sp³-hybridized carbons (Fsp3) is 0.417. The van der Waals surface area contributed by atoms with Crippen molar-refractivity contribution in [1.82, 2.24) is 5.32 Å². The van der Waals surface area contributed by atoms with Crippen molar-refractivity contribution in [2.75, 3.05) is 13.2 Å².